The highest BCUT2D eigenvalue weighted by atomic mass is 16.5. The first kappa shape index (κ1) is 20.5. The quantitative estimate of drug-likeness (QED) is 0.392. The Labute approximate surface area is 147 Å². The summed E-state index contributed by atoms with van der Waals surface area (Å²) in [6, 6.07) is 9.08. The second-order valence-corrected chi connectivity index (χ2v) is 6.25. The average molecular weight is 335 g/mol. The van der Waals surface area contributed by atoms with Gasteiger partial charge in [-0.15, -0.1) is 0 Å². The molecular weight excluding hydrogens is 300 g/mol. The van der Waals surface area contributed by atoms with E-state index in [1.54, 1.807) is 7.11 Å². The number of methoxy groups -OCH3 is 1. The number of benzene rings is 1. The molecule has 1 aromatic rings. The van der Waals surface area contributed by atoms with Gasteiger partial charge in [-0.1, -0.05) is 24.3 Å². The number of guanidine groups is 1. The molecule has 1 aromatic carbocycles. The van der Waals surface area contributed by atoms with Crippen molar-refractivity contribution in [3.63, 3.8) is 0 Å². The van der Waals surface area contributed by atoms with Crippen LogP contribution in [-0.4, -0.2) is 50.8 Å². The maximum absolute atomic E-state index is 5.08. The molecule has 136 valence electrons. The molecule has 0 bridgehead atoms. The smallest absolute Gasteiger partial charge is 0.191 e. The zero-order chi connectivity index (χ0) is 17.8. The third kappa shape index (κ3) is 7.79. The molecule has 5 heteroatoms. The lowest BCUT2D eigenvalue weighted by Crippen LogP contribution is -2.38. The maximum atomic E-state index is 5.08. The summed E-state index contributed by atoms with van der Waals surface area (Å²) in [6.45, 7) is 10.6. The van der Waals surface area contributed by atoms with Gasteiger partial charge in [-0.25, -0.2) is 4.99 Å². The van der Waals surface area contributed by atoms with Gasteiger partial charge in [-0.3, -0.25) is 4.90 Å². The molecule has 0 aromatic heterocycles. The minimum absolute atomic E-state index is 0.529. The Hall–Kier alpha value is -1.59. The highest BCUT2D eigenvalue weighted by molar-refractivity contribution is 5.79. The van der Waals surface area contributed by atoms with Crippen LogP contribution in [0.4, 0.5) is 0 Å². The van der Waals surface area contributed by atoms with E-state index in [1.165, 1.54) is 11.1 Å². The monoisotopic (exact) mass is 334 g/mol. The minimum Gasteiger partial charge on any atom is -0.385 e. The van der Waals surface area contributed by atoms with Crippen molar-refractivity contribution < 1.29 is 4.74 Å². The van der Waals surface area contributed by atoms with Crippen LogP contribution in [0.3, 0.4) is 0 Å². The summed E-state index contributed by atoms with van der Waals surface area (Å²) in [6.07, 6.45) is 0.969. The molecule has 0 radical (unpaired) electrons. The zero-order valence-corrected chi connectivity index (χ0v) is 15.9. The van der Waals surface area contributed by atoms with E-state index >= 15 is 0 Å². The Morgan fingerprint density at radius 3 is 2.54 bits per heavy atom. The summed E-state index contributed by atoms with van der Waals surface area (Å²) < 4.78 is 5.08. The lowest BCUT2D eigenvalue weighted by atomic mass is 10.1. The largest absolute Gasteiger partial charge is 0.385 e. The fourth-order valence-electron chi connectivity index (χ4n) is 2.25. The number of hydrogen-bond acceptors (Lipinski definition) is 3. The lowest BCUT2D eigenvalue weighted by Gasteiger charge is -2.22. The molecule has 0 aliphatic heterocycles. The van der Waals surface area contributed by atoms with Gasteiger partial charge < -0.3 is 15.4 Å². The third-order valence-electron chi connectivity index (χ3n) is 3.99. The summed E-state index contributed by atoms with van der Waals surface area (Å²) in [7, 11) is 3.89. The van der Waals surface area contributed by atoms with Crippen molar-refractivity contribution in [2.24, 2.45) is 4.99 Å². The van der Waals surface area contributed by atoms with E-state index in [0.717, 1.165) is 38.6 Å². The Morgan fingerprint density at radius 1 is 1.21 bits per heavy atom. The number of aliphatic imine (C=N–C) groups is 1. The molecule has 0 unspecified atom stereocenters. The predicted octanol–water partition coefficient (Wildman–Crippen LogP) is 2.62. The van der Waals surface area contributed by atoms with Crippen molar-refractivity contribution in [2.75, 3.05) is 33.9 Å². The molecule has 0 fully saturated rings. The topological polar surface area (TPSA) is 48.9 Å². The summed E-state index contributed by atoms with van der Waals surface area (Å²) in [4.78, 5) is 7.07. The van der Waals surface area contributed by atoms with Gasteiger partial charge in [0.2, 0.25) is 0 Å². The predicted molar refractivity (Wildman–Crippen MR) is 102 cm³/mol. The van der Waals surface area contributed by atoms with E-state index in [2.05, 4.69) is 67.6 Å². The Bertz CT molecular complexity index is 488. The number of nitrogens with zero attached hydrogens (tertiary/aromatic N) is 2. The van der Waals surface area contributed by atoms with E-state index < -0.39 is 0 Å². The number of hydrogen-bond donors (Lipinski definition) is 2. The second-order valence-electron chi connectivity index (χ2n) is 6.25. The molecular formula is C19H34N4O. The molecule has 0 saturated heterocycles. The summed E-state index contributed by atoms with van der Waals surface area (Å²) in [5, 5.41) is 6.65. The van der Waals surface area contributed by atoms with E-state index in [-0.39, 0.29) is 0 Å². The normalized spacial score (nSPS) is 12.0. The van der Waals surface area contributed by atoms with Crippen LogP contribution >= 0.6 is 0 Å². The SMILES string of the molecule is CCNC(=NCc1ccccc1CN(C)C(C)C)NCCCOC. The highest BCUT2D eigenvalue weighted by Gasteiger charge is 2.08. The van der Waals surface area contributed by atoms with Crippen LogP contribution < -0.4 is 10.6 Å². The van der Waals surface area contributed by atoms with E-state index in [4.69, 9.17) is 9.73 Å². The van der Waals surface area contributed by atoms with Gasteiger partial charge in [-0.05, 0) is 45.4 Å². The second kappa shape index (κ2) is 11.9. The van der Waals surface area contributed by atoms with Crippen molar-refractivity contribution in [3.8, 4) is 0 Å². The van der Waals surface area contributed by atoms with Gasteiger partial charge in [0.15, 0.2) is 5.96 Å². The Kier molecular flexibility index (Phi) is 10.1. The van der Waals surface area contributed by atoms with Crippen LogP contribution in [0.25, 0.3) is 0 Å². The molecule has 0 saturated carbocycles. The fraction of sp³-hybridized carbons (Fsp3) is 0.632. The fourth-order valence-corrected chi connectivity index (χ4v) is 2.25. The first-order valence-electron chi connectivity index (χ1n) is 8.86. The van der Waals surface area contributed by atoms with Crippen molar-refractivity contribution >= 4 is 5.96 Å². The first-order valence-corrected chi connectivity index (χ1v) is 8.86. The van der Waals surface area contributed by atoms with Crippen LogP contribution in [0.1, 0.15) is 38.3 Å². The number of rotatable bonds is 10. The molecule has 0 aliphatic carbocycles. The average Bonchev–Trinajstić information content (AvgIpc) is 2.57. The van der Waals surface area contributed by atoms with Crippen LogP contribution in [0, 0.1) is 0 Å². The number of nitrogens with one attached hydrogen (secondary N) is 2. The van der Waals surface area contributed by atoms with Crippen LogP contribution in [0.15, 0.2) is 29.3 Å². The Balaban J connectivity index is 2.70. The lowest BCUT2D eigenvalue weighted by molar-refractivity contribution is 0.195. The standard InChI is InChI=1S/C19H34N4O/c1-6-20-19(21-12-9-13-24-5)22-14-17-10-7-8-11-18(17)15-23(4)16(2)3/h7-8,10-11,16H,6,9,12-15H2,1-5H3,(H2,20,21,22). The number of ether oxygens (including phenoxy) is 1. The van der Waals surface area contributed by atoms with Gasteiger partial charge in [0.05, 0.1) is 6.54 Å². The molecule has 0 atom stereocenters. The van der Waals surface area contributed by atoms with E-state index in [1.807, 2.05) is 0 Å². The van der Waals surface area contributed by atoms with Crippen LogP contribution in [0.2, 0.25) is 0 Å². The zero-order valence-electron chi connectivity index (χ0n) is 15.9. The maximum Gasteiger partial charge on any atom is 0.191 e. The van der Waals surface area contributed by atoms with Crippen molar-refractivity contribution in [1.82, 2.24) is 15.5 Å². The molecule has 0 heterocycles. The van der Waals surface area contributed by atoms with Gasteiger partial charge in [-0.2, -0.15) is 0 Å². The summed E-state index contributed by atoms with van der Waals surface area (Å²) in [5.74, 6) is 0.862. The van der Waals surface area contributed by atoms with Gasteiger partial charge in [0, 0.05) is 39.4 Å². The summed E-state index contributed by atoms with van der Waals surface area (Å²) in [5.41, 5.74) is 2.62. The highest BCUT2D eigenvalue weighted by Crippen LogP contribution is 2.13. The van der Waals surface area contributed by atoms with Crippen molar-refractivity contribution in [2.45, 2.75) is 46.3 Å². The third-order valence-corrected chi connectivity index (χ3v) is 3.99. The van der Waals surface area contributed by atoms with E-state index in [9.17, 15) is 0 Å². The molecule has 0 amide bonds. The van der Waals surface area contributed by atoms with E-state index in [0.29, 0.717) is 12.6 Å². The summed E-state index contributed by atoms with van der Waals surface area (Å²) >= 11 is 0. The molecule has 0 spiro atoms. The van der Waals surface area contributed by atoms with Crippen molar-refractivity contribution in [3.05, 3.63) is 35.4 Å². The molecule has 1 rings (SSSR count). The van der Waals surface area contributed by atoms with Crippen molar-refractivity contribution in [1.29, 1.82) is 0 Å². The Morgan fingerprint density at radius 2 is 1.92 bits per heavy atom. The van der Waals surface area contributed by atoms with Gasteiger partial charge in [0.25, 0.3) is 0 Å². The molecule has 5 nitrogen and oxygen atoms in total. The molecule has 2 N–H and O–H groups in total. The minimum atomic E-state index is 0.529. The van der Waals surface area contributed by atoms with Crippen LogP contribution in [-0.2, 0) is 17.8 Å². The molecule has 24 heavy (non-hydrogen) atoms. The first-order chi connectivity index (χ1) is 11.6. The molecule has 0 aliphatic rings. The van der Waals surface area contributed by atoms with Gasteiger partial charge >= 0.3 is 0 Å². The van der Waals surface area contributed by atoms with Crippen LogP contribution in [0.5, 0.6) is 0 Å². The van der Waals surface area contributed by atoms with Gasteiger partial charge in [0.1, 0.15) is 0 Å².